The van der Waals surface area contributed by atoms with E-state index >= 15 is 0 Å². The average Bonchev–Trinajstić information content (AvgIpc) is 2.67. The molecular weight excluding hydrogens is 454 g/mol. The maximum atomic E-state index is 13.1. The van der Waals surface area contributed by atoms with Crippen molar-refractivity contribution in [3.05, 3.63) is 59.2 Å². The van der Waals surface area contributed by atoms with Crippen LogP contribution in [0.2, 0.25) is 0 Å². The zero-order valence-electron chi connectivity index (χ0n) is 16.2. The Labute approximate surface area is 173 Å². The van der Waals surface area contributed by atoms with Crippen molar-refractivity contribution in [2.75, 3.05) is 26.3 Å². The van der Waals surface area contributed by atoms with Crippen molar-refractivity contribution in [1.82, 2.24) is 4.31 Å². The predicted octanol–water partition coefficient (Wildman–Crippen LogP) is 4.18. The highest BCUT2D eigenvalue weighted by Crippen LogP contribution is 2.38. The molecule has 0 N–H and O–H groups in total. The second-order valence-corrected chi connectivity index (χ2v) is 8.51. The largest absolute Gasteiger partial charge is 0.416 e. The molecule has 2 aromatic carbocycles. The van der Waals surface area contributed by atoms with E-state index in [2.05, 4.69) is 0 Å². The maximum Gasteiger partial charge on any atom is 0.416 e. The third kappa shape index (κ3) is 5.35. The summed E-state index contributed by atoms with van der Waals surface area (Å²) in [5.74, 6) is -1.18. The molecule has 0 atom stereocenters. The minimum Gasteiger partial charge on any atom is -0.269 e. The molecule has 0 bridgehead atoms. The SMILES string of the molecule is CON(C(=O)c1cccc(S(=O)(=O)N(C)C)c1)c1cc(C(F)(F)F)cc(C(F)(F)F)c1. The smallest absolute Gasteiger partial charge is 0.269 e. The summed E-state index contributed by atoms with van der Waals surface area (Å²) >= 11 is 0. The number of sulfonamides is 1. The summed E-state index contributed by atoms with van der Waals surface area (Å²) in [5.41, 5.74) is -4.46. The van der Waals surface area contributed by atoms with Gasteiger partial charge in [0.1, 0.15) is 0 Å². The van der Waals surface area contributed by atoms with E-state index in [-0.39, 0.29) is 21.6 Å². The van der Waals surface area contributed by atoms with E-state index in [9.17, 15) is 39.6 Å². The fraction of sp³-hybridized carbons (Fsp3) is 0.278. The molecule has 2 rings (SSSR count). The predicted molar refractivity (Wildman–Crippen MR) is 97.6 cm³/mol. The van der Waals surface area contributed by atoms with Crippen LogP contribution in [-0.2, 0) is 27.2 Å². The number of benzene rings is 2. The first-order chi connectivity index (χ1) is 14.1. The lowest BCUT2D eigenvalue weighted by molar-refractivity contribution is -0.143. The number of carbonyl (C=O) groups excluding carboxylic acids is 1. The van der Waals surface area contributed by atoms with E-state index in [4.69, 9.17) is 4.84 Å². The van der Waals surface area contributed by atoms with Crippen LogP contribution < -0.4 is 5.06 Å². The molecule has 31 heavy (non-hydrogen) atoms. The van der Waals surface area contributed by atoms with Gasteiger partial charge in [-0.25, -0.2) is 12.7 Å². The number of amides is 1. The molecule has 0 aromatic heterocycles. The van der Waals surface area contributed by atoms with Crippen LogP contribution >= 0.6 is 0 Å². The fourth-order valence-corrected chi connectivity index (χ4v) is 3.43. The Morgan fingerprint density at radius 1 is 0.903 bits per heavy atom. The molecule has 6 nitrogen and oxygen atoms in total. The molecule has 170 valence electrons. The van der Waals surface area contributed by atoms with Gasteiger partial charge in [-0.1, -0.05) is 6.07 Å². The van der Waals surface area contributed by atoms with E-state index in [0.717, 1.165) is 23.5 Å². The number of alkyl halides is 6. The molecule has 2 aromatic rings. The van der Waals surface area contributed by atoms with Gasteiger partial charge >= 0.3 is 12.4 Å². The van der Waals surface area contributed by atoms with Crippen molar-refractivity contribution in [3.63, 3.8) is 0 Å². The third-order valence-corrected chi connectivity index (χ3v) is 5.84. The summed E-state index contributed by atoms with van der Waals surface area (Å²) in [6.07, 6.45) is -10.3. The van der Waals surface area contributed by atoms with Crippen LogP contribution in [-0.4, -0.2) is 39.8 Å². The number of nitrogens with zero attached hydrogens (tertiary/aromatic N) is 2. The van der Waals surface area contributed by atoms with E-state index in [1.807, 2.05) is 0 Å². The van der Waals surface area contributed by atoms with Gasteiger partial charge < -0.3 is 0 Å². The molecule has 0 aliphatic heterocycles. The van der Waals surface area contributed by atoms with Crippen molar-refractivity contribution in [2.24, 2.45) is 0 Å². The van der Waals surface area contributed by atoms with Crippen molar-refractivity contribution >= 4 is 21.6 Å². The highest BCUT2D eigenvalue weighted by Gasteiger charge is 2.38. The van der Waals surface area contributed by atoms with E-state index in [1.54, 1.807) is 0 Å². The van der Waals surface area contributed by atoms with Crippen molar-refractivity contribution in [1.29, 1.82) is 0 Å². The summed E-state index contributed by atoms with van der Waals surface area (Å²) in [7, 11) is -0.606. The number of hydrogen-bond donors (Lipinski definition) is 0. The number of hydrogen-bond acceptors (Lipinski definition) is 4. The van der Waals surface area contributed by atoms with E-state index in [0.29, 0.717) is 12.1 Å². The number of anilines is 1. The van der Waals surface area contributed by atoms with Crippen LogP contribution in [0.5, 0.6) is 0 Å². The van der Waals surface area contributed by atoms with Gasteiger partial charge in [0.2, 0.25) is 10.0 Å². The third-order valence-electron chi connectivity index (χ3n) is 4.03. The quantitative estimate of drug-likeness (QED) is 0.486. The minimum atomic E-state index is -5.13. The molecule has 0 radical (unpaired) electrons. The molecular formula is C18H16F6N2O4S. The Morgan fingerprint density at radius 3 is 1.84 bits per heavy atom. The van der Waals surface area contributed by atoms with Gasteiger partial charge in [-0.3, -0.25) is 9.63 Å². The van der Waals surface area contributed by atoms with Gasteiger partial charge in [-0.2, -0.15) is 31.4 Å². The highest BCUT2D eigenvalue weighted by atomic mass is 32.2. The van der Waals surface area contributed by atoms with Gasteiger partial charge in [0.05, 0.1) is 28.8 Å². The van der Waals surface area contributed by atoms with Crippen molar-refractivity contribution in [2.45, 2.75) is 17.2 Å². The Balaban J connectivity index is 2.60. The number of rotatable bonds is 5. The molecule has 0 spiro atoms. The van der Waals surface area contributed by atoms with Crippen LogP contribution in [0.4, 0.5) is 32.0 Å². The molecule has 0 fully saturated rings. The zero-order chi connectivity index (χ0) is 23.8. The lowest BCUT2D eigenvalue weighted by atomic mass is 10.1. The normalized spacial score (nSPS) is 12.8. The molecule has 0 unspecified atom stereocenters. The standard InChI is InChI=1S/C18H16F6N2O4S/c1-25(2)31(28,29)15-6-4-5-11(7-15)16(27)26(30-3)14-9-12(17(19,20)21)8-13(10-14)18(22,23)24/h4-10H,1-3H3. The van der Waals surface area contributed by atoms with Gasteiger partial charge in [0.15, 0.2) is 0 Å². The van der Waals surface area contributed by atoms with Gasteiger partial charge in [-0.15, -0.1) is 0 Å². The molecule has 0 saturated heterocycles. The molecule has 0 saturated carbocycles. The molecule has 0 heterocycles. The minimum absolute atomic E-state index is 0.0912. The Kier molecular flexibility index (Phi) is 6.73. The first kappa shape index (κ1) is 24.6. The van der Waals surface area contributed by atoms with E-state index in [1.165, 1.54) is 26.2 Å². The number of carbonyl (C=O) groups is 1. The second-order valence-electron chi connectivity index (χ2n) is 6.36. The van der Waals surface area contributed by atoms with Crippen LogP contribution in [0.3, 0.4) is 0 Å². The van der Waals surface area contributed by atoms with Crippen molar-refractivity contribution < 1.29 is 44.4 Å². The second kappa shape index (κ2) is 8.48. The highest BCUT2D eigenvalue weighted by molar-refractivity contribution is 7.89. The summed E-state index contributed by atoms with van der Waals surface area (Å²) in [5, 5.41) is 0.214. The first-order valence-corrected chi connectivity index (χ1v) is 9.73. The monoisotopic (exact) mass is 470 g/mol. The molecule has 0 aliphatic rings. The fourth-order valence-electron chi connectivity index (χ4n) is 2.48. The lowest BCUT2D eigenvalue weighted by Gasteiger charge is -2.23. The van der Waals surface area contributed by atoms with Crippen LogP contribution in [0.1, 0.15) is 21.5 Å². The maximum absolute atomic E-state index is 13.1. The van der Waals surface area contributed by atoms with Crippen LogP contribution in [0, 0.1) is 0 Å². The van der Waals surface area contributed by atoms with Crippen molar-refractivity contribution in [3.8, 4) is 0 Å². The first-order valence-electron chi connectivity index (χ1n) is 8.29. The zero-order valence-corrected chi connectivity index (χ0v) is 17.1. The molecule has 13 heteroatoms. The van der Waals surface area contributed by atoms with E-state index < -0.39 is 45.1 Å². The topological polar surface area (TPSA) is 66.9 Å². The van der Waals surface area contributed by atoms with Crippen LogP contribution in [0.25, 0.3) is 0 Å². The number of hydroxylamine groups is 1. The van der Waals surface area contributed by atoms with Gasteiger partial charge in [-0.05, 0) is 36.4 Å². The molecule has 0 aliphatic carbocycles. The van der Waals surface area contributed by atoms with Crippen LogP contribution in [0.15, 0.2) is 47.4 Å². The average molecular weight is 470 g/mol. The summed E-state index contributed by atoms with van der Waals surface area (Å²) < 4.78 is 104. The molecule has 1 amide bonds. The van der Waals surface area contributed by atoms with Gasteiger partial charge in [0, 0.05) is 19.7 Å². The summed E-state index contributed by atoms with van der Waals surface area (Å²) in [6.45, 7) is 0. The number of halogens is 6. The summed E-state index contributed by atoms with van der Waals surface area (Å²) in [6, 6.07) is 4.99. The summed E-state index contributed by atoms with van der Waals surface area (Å²) in [4.78, 5) is 17.2. The van der Waals surface area contributed by atoms with Gasteiger partial charge in [0.25, 0.3) is 5.91 Å². The Bertz CT molecular complexity index is 1050. The lowest BCUT2D eigenvalue weighted by Crippen LogP contribution is -2.31. The Hall–Kier alpha value is -2.64. The Morgan fingerprint density at radius 2 is 1.42 bits per heavy atom.